The highest BCUT2D eigenvalue weighted by Crippen LogP contribution is 2.07. The van der Waals surface area contributed by atoms with Crippen molar-refractivity contribution >= 4 is 5.97 Å². The predicted octanol–water partition coefficient (Wildman–Crippen LogP) is -0.176. The van der Waals surface area contributed by atoms with Crippen LogP contribution in [0.2, 0.25) is 0 Å². The molecule has 0 radical (unpaired) electrons. The predicted molar refractivity (Wildman–Crippen MR) is 32.9 cm³/mol. The third kappa shape index (κ3) is 3.05. The van der Waals surface area contributed by atoms with Gasteiger partial charge in [-0.1, -0.05) is 0 Å². The first-order valence-corrected chi connectivity index (χ1v) is 2.72. The molecule has 0 saturated carbocycles. The smallest absolute Gasteiger partial charge is 0.309 e. The van der Waals surface area contributed by atoms with Crippen LogP contribution in [0.1, 0.15) is 13.3 Å². The molecule has 56 valence electrons. The van der Waals surface area contributed by atoms with Gasteiger partial charge in [0.15, 0.2) is 5.60 Å². The molecule has 1 N–H and O–H groups in total. The number of esters is 1. The second-order valence-corrected chi connectivity index (χ2v) is 2.14. The molecule has 0 fully saturated rings. The summed E-state index contributed by atoms with van der Waals surface area (Å²) in [5, 5.41) is 17.2. The minimum Gasteiger partial charge on any atom is -0.469 e. The van der Waals surface area contributed by atoms with Gasteiger partial charge in [-0.05, 0) is 6.92 Å². The fourth-order valence-corrected chi connectivity index (χ4v) is 0.393. The number of ether oxygens (including phenoxy) is 1. The van der Waals surface area contributed by atoms with E-state index in [2.05, 4.69) is 4.74 Å². The summed E-state index contributed by atoms with van der Waals surface area (Å²) < 4.78 is 4.24. The molecule has 4 nitrogen and oxygen atoms in total. The Labute approximate surface area is 59.0 Å². The maximum absolute atomic E-state index is 10.5. The van der Waals surface area contributed by atoms with Gasteiger partial charge in [-0.25, -0.2) is 0 Å². The Bertz CT molecular complexity index is 168. The van der Waals surface area contributed by atoms with Crippen LogP contribution in [-0.4, -0.2) is 23.8 Å². The van der Waals surface area contributed by atoms with E-state index in [1.165, 1.54) is 14.0 Å². The van der Waals surface area contributed by atoms with E-state index in [1.807, 2.05) is 0 Å². The summed E-state index contributed by atoms with van der Waals surface area (Å²) >= 11 is 0. The minimum absolute atomic E-state index is 0.292. The molecule has 0 saturated heterocycles. The van der Waals surface area contributed by atoms with Crippen LogP contribution in [0.3, 0.4) is 0 Å². The van der Waals surface area contributed by atoms with Gasteiger partial charge >= 0.3 is 5.97 Å². The maximum atomic E-state index is 10.5. The zero-order valence-electron chi connectivity index (χ0n) is 5.92. The van der Waals surface area contributed by atoms with Crippen molar-refractivity contribution in [2.75, 3.05) is 7.11 Å². The van der Waals surface area contributed by atoms with E-state index in [0.29, 0.717) is 0 Å². The van der Waals surface area contributed by atoms with Crippen LogP contribution >= 0.6 is 0 Å². The Kier molecular flexibility index (Phi) is 2.84. The van der Waals surface area contributed by atoms with Gasteiger partial charge in [-0.15, -0.1) is 0 Å². The summed E-state index contributed by atoms with van der Waals surface area (Å²) in [6.07, 6.45) is -0.292. The lowest BCUT2D eigenvalue weighted by molar-refractivity contribution is -0.143. The summed E-state index contributed by atoms with van der Waals surface area (Å²) in [6, 6.07) is 1.56. The van der Waals surface area contributed by atoms with Gasteiger partial charge in [0.1, 0.15) is 0 Å². The molecule has 0 aliphatic heterocycles. The molecule has 0 aromatic rings. The molecule has 0 unspecified atom stereocenters. The fourth-order valence-electron chi connectivity index (χ4n) is 0.393. The van der Waals surface area contributed by atoms with Crippen molar-refractivity contribution < 1.29 is 14.6 Å². The van der Waals surface area contributed by atoms with Crippen molar-refractivity contribution in [3.8, 4) is 6.07 Å². The van der Waals surface area contributed by atoms with Crippen molar-refractivity contribution in [1.29, 1.82) is 5.26 Å². The average molecular weight is 143 g/mol. The number of hydrogen-bond donors (Lipinski definition) is 1. The van der Waals surface area contributed by atoms with Crippen molar-refractivity contribution in [1.82, 2.24) is 0 Å². The topological polar surface area (TPSA) is 70.3 Å². The molecule has 0 aliphatic rings. The summed E-state index contributed by atoms with van der Waals surface area (Å²) in [5.41, 5.74) is -1.60. The van der Waals surface area contributed by atoms with Crippen LogP contribution in [0.4, 0.5) is 0 Å². The highest BCUT2D eigenvalue weighted by atomic mass is 16.5. The molecular formula is C6H9NO3. The van der Waals surface area contributed by atoms with E-state index in [9.17, 15) is 4.79 Å². The standard InChI is InChI=1S/C6H9NO3/c1-6(9,4-7)3-5(8)10-2/h9H,3H2,1-2H3/t6-/m0/s1. The monoisotopic (exact) mass is 143 g/mol. The third-order valence-electron chi connectivity index (χ3n) is 0.957. The van der Waals surface area contributed by atoms with Crippen LogP contribution in [-0.2, 0) is 9.53 Å². The summed E-state index contributed by atoms with van der Waals surface area (Å²) in [6.45, 7) is 1.25. The second-order valence-electron chi connectivity index (χ2n) is 2.14. The first-order valence-electron chi connectivity index (χ1n) is 2.72. The number of rotatable bonds is 2. The lowest BCUT2D eigenvalue weighted by Gasteiger charge is -2.10. The van der Waals surface area contributed by atoms with Crippen LogP contribution in [0.5, 0.6) is 0 Å². The zero-order chi connectivity index (χ0) is 8.20. The van der Waals surface area contributed by atoms with Crippen LogP contribution in [0.25, 0.3) is 0 Å². The molecule has 0 bridgehead atoms. The number of aliphatic hydroxyl groups is 1. The molecule has 1 atom stereocenters. The fraction of sp³-hybridized carbons (Fsp3) is 0.667. The number of carbonyl (C=O) groups excluding carboxylic acids is 1. The van der Waals surface area contributed by atoms with Gasteiger partial charge in [0.25, 0.3) is 0 Å². The Balaban J connectivity index is 3.92. The Morgan fingerprint density at radius 2 is 2.40 bits per heavy atom. The lowest BCUT2D eigenvalue weighted by Crippen LogP contribution is -2.25. The SMILES string of the molecule is COC(=O)C[C@](C)(O)C#N. The Morgan fingerprint density at radius 1 is 1.90 bits per heavy atom. The molecule has 0 aliphatic carbocycles. The van der Waals surface area contributed by atoms with E-state index < -0.39 is 11.6 Å². The molecule has 0 aromatic heterocycles. The molecular weight excluding hydrogens is 134 g/mol. The van der Waals surface area contributed by atoms with E-state index in [1.54, 1.807) is 6.07 Å². The van der Waals surface area contributed by atoms with E-state index in [4.69, 9.17) is 10.4 Å². The quantitative estimate of drug-likeness (QED) is 0.430. The molecule has 4 heteroatoms. The molecule has 10 heavy (non-hydrogen) atoms. The number of methoxy groups -OCH3 is 1. The average Bonchev–Trinajstić information content (AvgIpc) is 1.87. The van der Waals surface area contributed by atoms with Crippen molar-refractivity contribution in [3.05, 3.63) is 0 Å². The Hall–Kier alpha value is -1.08. The van der Waals surface area contributed by atoms with Crippen molar-refractivity contribution in [2.45, 2.75) is 18.9 Å². The highest BCUT2D eigenvalue weighted by molar-refractivity contribution is 5.70. The molecule has 0 heterocycles. The van der Waals surface area contributed by atoms with E-state index >= 15 is 0 Å². The summed E-state index contributed by atoms with van der Waals surface area (Å²) in [4.78, 5) is 10.5. The van der Waals surface area contributed by atoms with Crippen LogP contribution < -0.4 is 0 Å². The summed E-state index contributed by atoms with van der Waals surface area (Å²) in [7, 11) is 1.20. The second kappa shape index (κ2) is 3.18. The van der Waals surface area contributed by atoms with Gasteiger partial charge in [-0.3, -0.25) is 4.79 Å². The van der Waals surface area contributed by atoms with E-state index in [0.717, 1.165) is 0 Å². The first kappa shape index (κ1) is 8.92. The van der Waals surface area contributed by atoms with Gasteiger partial charge in [0.2, 0.25) is 0 Å². The first-order chi connectivity index (χ1) is 4.52. The number of nitriles is 1. The normalized spacial score (nSPS) is 15.0. The zero-order valence-corrected chi connectivity index (χ0v) is 5.92. The molecule has 0 aromatic carbocycles. The maximum Gasteiger partial charge on any atom is 0.309 e. The number of nitrogens with zero attached hydrogens (tertiary/aromatic N) is 1. The number of hydrogen-bond acceptors (Lipinski definition) is 4. The molecule has 0 spiro atoms. The van der Waals surface area contributed by atoms with Crippen molar-refractivity contribution in [3.63, 3.8) is 0 Å². The third-order valence-corrected chi connectivity index (χ3v) is 0.957. The van der Waals surface area contributed by atoms with Gasteiger partial charge in [0, 0.05) is 0 Å². The molecule has 0 rings (SSSR count). The lowest BCUT2D eigenvalue weighted by atomic mass is 10.1. The summed E-state index contributed by atoms with van der Waals surface area (Å²) in [5.74, 6) is -0.591. The number of carbonyl (C=O) groups is 1. The van der Waals surface area contributed by atoms with Gasteiger partial charge < -0.3 is 9.84 Å². The van der Waals surface area contributed by atoms with Gasteiger partial charge in [0.05, 0.1) is 19.6 Å². The molecule has 0 amide bonds. The van der Waals surface area contributed by atoms with Crippen molar-refractivity contribution in [2.24, 2.45) is 0 Å². The van der Waals surface area contributed by atoms with Gasteiger partial charge in [-0.2, -0.15) is 5.26 Å². The minimum atomic E-state index is -1.60. The highest BCUT2D eigenvalue weighted by Gasteiger charge is 2.23. The van der Waals surface area contributed by atoms with Crippen LogP contribution in [0.15, 0.2) is 0 Å². The Morgan fingerprint density at radius 3 is 2.70 bits per heavy atom. The largest absolute Gasteiger partial charge is 0.469 e. The van der Waals surface area contributed by atoms with E-state index in [-0.39, 0.29) is 6.42 Å². The van der Waals surface area contributed by atoms with Crippen LogP contribution in [0, 0.1) is 11.3 Å².